The molecule has 0 aliphatic heterocycles. The van der Waals surface area contributed by atoms with Crippen LogP contribution >= 0.6 is 23.2 Å². The van der Waals surface area contributed by atoms with Gasteiger partial charge in [-0.25, -0.2) is 4.39 Å². The van der Waals surface area contributed by atoms with Crippen LogP contribution in [0.25, 0.3) is 0 Å². The standard InChI is InChI=1S/C6H5F.CH2Cl2/c7-6-4-2-1-3-5-6;2-1-3/h1-5H;1H2. The van der Waals surface area contributed by atoms with Crippen LogP contribution in [-0.2, 0) is 0 Å². The summed E-state index contributed by atoms with van der Waals surface area (Å²) in [7, 11) is 0. The molecule has 0 spiro atoms. The van der Waals surface area contributed by atoms with Gasteiger partial charge in [0.25, 0.3) is 0 Å². The molecule has 0 nitrogen and oxygen atoms in total. The van der Waals surface area contributed by atoms with E-state index >= 15 is 0 Å². The predicted octanol–water partition coefficient (Wildman–Crippen LogP) is 3.25. The van der Waals surface area contributed by atoms with Gasteiger partial charge in [0.2, 0.25) is 0 Å². The molecule has 1 aromatic carbocycles. The van der Waals surface area contributed by atoms with Crippen molar-refractivity contribution in [3.63, 3.8) is 0 Å². The zero-order valence-corrected chi connectivity index (χ0v) is 6.74. The van der Waals surface area contributed by atoms with Gasteiger partial charge in [0.15, 0.2) is 0 Å². The van der Waals surface area contributed by atoms with Gasteiger partial charge in [-0.3, -0.25) is 0 Å². The number of hydrogen-bond acceptors (Lipinski definition) is 0. The first-order valence-corrected chi connectivity index (χ1v) is 3.70. The summed E-state index contributed by atoms with van der Waals surface area (Å²) in [4.78, 5) is 0. The molecule has 0 unspecified atom stereocenters. The normalized spacial score (nSPS) is 7.90. The van der Waals surface area contributed by atoms with Crippen molar-refractivity contribution in [3.8, 4) is 0 Å². The highest BCUT2D eigenvalue weighted by Gasteiger charge is 1.77. The Kier molecular flexibility index (Phi) is 6.66. The molecule has 3 heteroatoms. The molecule has 0 saturated heterocycles. The maximum absolute atomic E-state index is 11.9. The Hall–Kier alpha value is -0.270. The molecule has 0 heterocycles. The quantitative estimate of drug-likeness (QED) is 0.539. The van der Waals surface area contributed by atoms with Gasteiger partial charge in [-0.15, -0.1) is 23.2 Å². The Bertz CT molecular complexity index is 153. The third-order valence-corrected chi connectivity index (χ3v) is 0.733. The van der Waals surface area contributed by atoms with Crippen LogP contribution in [0, 0.1) is 5.82 Å². The first-order chi connectivity index (χ1) is 4.81. The lowest BCUT2D eigenvalue weighted by molar-refractivity contribution is 0.628. The number of benzene rings is 1. The largest absolute Gasteiger partial charge is 0.207 e. The van der Waals surface area contributed by atoms with Crippen LogP contribution in [0.1, 0.15) is 0 Å². The van der Waals surface area contributed by atoms with E-state index in [1.807, 2.05) is 0 Å². The molecule has 0 amide bonds. The number of hydrogen-bond donors (Lipinski definition) is 0. The van der Waals surface area contributed by atoms with Crippen LogP contribution < -0.4 is 0 Å². The van der Waals surface area contributed by atoms with Gasteiger partial charge in [-0.2, -0.15) is 0 Å². The summed E-state index contributed by atoms with van der Waals surface area (Å²) >= 11 is 9.53. The third-order valence-electron chi connectivity index (χ3n) is 0.733. The Morgan fingerprint density at radius 1 is 1.10 bits per heavy atom. The minimum absolute atomic E-state index is 0.178. The van der Waals surface area contributed by atoms with Crippen LogP contribution in [-0.4, -0.2) is 5.34 Å². The van der Waals surface area contributed by atoms with Gasteiger partial charge < -0.3 is 0 Å². The van der Waals surface area contributed by atoms with Gasteiger partial charge in [-0.1, -0.05) is 18.2 Å². The van der Waals surface area contributed by atoms with E-state index in [0.717, 1.165) is 0 Å². The SMILES string of the molecule is ClCCl.Fc1ccccc1. The second-order valence-electron chi connectivity index (χ2n) is 1.40. The fraction of sp³-hybridized carbons (Fsp3) is 0.143. The molecule has 1 aromatic rings. The first-order valence-electron chi connectivity index (χ1n) is 2.63. The smallest absolute Gasteiger partial charge is 0.123 e. The van der Waals surface area contributed by atoms with Crippen molar-refractivity contribution in [1.29, 1.82) is 0 Å². The second-order valence-corrected chi connectivity index (χ2v) is 2.20. The van der Waals surface area contributed by atoms with E-state index in [4.69, 9.17) is 23.2 Å². The summed E-state index contributed by atoms with van der Waals surface area (Å²) < 4.78 is 11.9. The topological polar surface area (TPSA) is 0 Å². The van der Waals surface area contributed by atoms with Crippen molar-refractivity contribution in [2.45, 2.75) is 0 Å². The fourth-order valence-corrected chi connectivity index (χ4v) is 0.415. The maximum atomic E-state index is 11.9. The zero-order valence-electron chi connectivity index (χ0n) is 5.23. The third kappa shape index (κ3) is 5.86. The number of rotatable bonds is 0. The summed E-state index contributed by atoms with van der Waals surface area (Å²) in [6.07, 6.45) is 0. The van der Waals surface area contributed by atoms with Crippen molar-refractivity contribution in [1.82, 2.24) is 0 Å². The summed E-state index contributed by atoms with van der Waals surface area (Å²) in [6.45, 7) is 0. The second kappa shape index (κ2) is 6.84. The van der Waals surface area contributed by atoms with Gasteiger partial charge in [-0.05, 0) is 12.1 Å². The Labute approximate surface area is 69.6 Å². The van der Waals surface area contributed by atoms with Gasteiger partial charge in [0.1, 0.15) is 5.82 Å². The van der Waals surface area contributed by atoms with E-state index in [2.05, 4.69) is 0 Å². The van der Waals surface area contributed by atoms with Crippen molar-refractivity contribution in [3.05, 3.63) is 36.1 Å². The summed E-state index contributed by atoms with van der Waals surface area (Å²) in [6, 6.07) is 7.94. The van der Waals surface area contributed by atoms with Crippen LogP contribution in [0.4, 0.5) is 4.39 Å². The minimum atomic E-state index is -0.178. The number of halogens is 3. The Morgan fingerprint density at radius 3 is 1.70 bits per heavy atom. The molecule has 0 saturated carbocycles. The maximum Gasteiger partial charge on any atom is 0.123 e. The fourth-order valence-electron chi connectivity index (χ4n) is 0.415. The molecule has 0 fully saturated rings. The van der Waals surface area contributed by atoms with Crippen LogP contribution in [0.3, 0.4) is 0 Å². The lowest BCUT2D eigenvalue weighted by Gasteiger charge is -1.78. The summed E-state index contributed by atoms with van der Waals surface area (Å²) in [5.41, 5.74) is 0. The van der Waals surface area contributed by atoms with Crippen LogP contribution in [0.2, 0.25) is 0 Å². The molecule has 0 bridgehead atoms. The van der Waals surface area contributed by atoms with Crippen LogP contribution in [0.5, 0.6) is 0 Å². The van der Waals surface area contributed by atoms with Crippen molar-refractivity contribution >= 4 is 23.2 Å². The van der Waals surface area contributed by atoms with E-state index in [-0.39, 0.29) is 11.2 Å². The highest BCUT2D eigenvalue weighted by atomic mass is 35.5. The monoisotopic (exact) mass is 180 g/mol. The minimum Gasteiger partial charge on any atom is -0.207 e. The molecule has 56 valence electrons. The van der Waals surface area contributed by atoms with Crippen molar-refractivity contribution in [2.24, 2.45) is 0 Å². The molecule has 0 aromatic heterocycles. The summed E-state index contributed by atoms with van der Waals surface area (Å²) in [5, 5.41) is 0.194. The van der Waals surface area contributed by atoms with Crippen molar-refractivity contribution in [2.75, 3.05) is 5.34 Å². The highest BCUT2D eigenvalue weighted by molar-refractivity contribution is 6.40. The molecule has 10 heavy (non-hydrogen) atoms. The lowest BCUT2D eigenvalue weighted by Crippen LogP contribution is -1.63. The predicted molar refractivity (Wildman–Crippen MR) is 43.0 cm³/mol. The van der Waals surface area contributed by atoms with E-state index in [1.165, 1.54) is 12.1 Å². The first kappa shape index (κ1) is 9.73. The average Bonchev–Trinajstić information content (AvgIpc) is 1.91. The molecule has 0 atom stereocenters. The molecular weight excluding hydrogens is 174 g/mol. The molecule has 0 aliphatic carbocycles. The van der Waals surface area contributed by atoms with E-state index in [9.17, 15) is 4.39 Å². The highest BCUT2D eigenvalue weighted by Crippen LogP contribution is 1.91. The molecule has 0 N–H and O–H groups in total. The molecule has 0 aliphatic rings. The lowest BCUT2D eigenvalue weighted by atomic mass is 10.4. The van der Waals surface area contributed by atoms with Crippen LogP contribution in [0.15, 0.2) is 30.3 Å². The molecular formula is C7H7Cl2F. The van der Waals surface area contributed by atoms with Gasteiger partial charge in [0, 0.05) is 0 Å². The molecule has 1 rings (SSSR count). The van der Waals surface area contributed by atoms with E-state index in [1.54, 1.807) is 18.2 Å². The van der Waals surface area contributed by atoms with Gasteiger partial charge >= 0.3 is 0 Å². The Morgan fingerprint density at radius 2 is 1.50 bits per heavy atom. The van der Waals surface area contributed by atoms with Gasteiger partial charge in [0.05, 0.1) is 5.34 Å². The summed E-state index contributed by atoms with van der Waals surface area (Å²) in [5.74, 6) is -0.178. The van der Waals surface area contributed by atoms with E-state index < -0.39 is 0 Å². The van der Waals surface area contributed by atoms with Crippen molar-refractivity contribution < 1.29 is 4.39 Å². The number of alkyl halides is 2. The van der Waals surface area contributed by atoms with E-state index in [0.29, 0.717) is 0 Å². The Balaban J connectivity index is 0.000000236. The average molecular weight is 181 g/mol. The zero-order chi connectivity index (χ0) is 7.82. The molecule has 0 radical (unpaired) electrons.